The van der Waals surface area contributed by atoms with E-state index in [0.29, 0.717) is 21.6 Å². The zero-order valence-corrected chi connectivity index (χ0v) is 14.5. The van der Waals surface area contributed by atoms with Gasteiger partial charge in [0.25, 0.3) is 0 Å². The van der Waals surface area contributed by atoms with Crippen LogP contribution < -0.4 is 0 Å². The number of hydrogen-bond acceptors (Lipinski definition) is 2. The van der Waals surface area contributed by atoms with E-state index < -0.39 is 6.51 Å². The Morgan fingerprint density at radius 2 is 1.27 bits per heavy atom. The van der Waals surface area contributed by atoms with Gasteiger partial charge in [0.2, 0.25) is 0 Å². The largest absolute Gasteiger partial charge is 0.108 e. The Morgan fingerprint density at radius 1 is 1.00 bits per heavy atom. The summed E-state index contributed by atoms with van der Waals surface area (Å²) in [7, 11) is 0. The van der Waals surface area contributed by atoms with E-state index >= 15 is 0 Å². The van der Waals surface area contributed by atoms with Gasteiger partial charge < -0.3 is 0 Å². The summed E-state index contributed by atoms with van der Waals surface area (Å²) in [5.74, 6) is -0.315. The van der Waals surface area contributed by atoms with Crippen molar-refractivity contribution < 1.29 is 16.4 Å². The zero-order chi connectivity index (χ0) is 15.9. The summed E-state index contributed by atoms with van der Waals surface area (Å²) >= 11 is 0. The Labute approximate surface area is 118 Å². The second-order valence-corrected chi connectivity index (χ2v) is 35.4. The van der Waals surface area contributed by atoms with Crippen LogP contribution in [0.15, 0.2) is 0 Å². The van der Waals surface area contributed by atoms with E-state index in [1.54, 1.807) is 4.91 Å². The molecule has 0 bridgehead atoms. The Bertz CT molecular complexity index is 1190. The predicted octanol–water partition coefficient (Wildman–Crippen LogP) is 5.66. The first-order valence-corrected chi connectivity index (χ1v) is 14.2. The summed E-state index contributed by atoms with van der Waals surface area (Å²) in [6, 6.07) is 0. The van der Waals surface area contributed by atoms with Crippen molar-refractivity contribution in [1.29, 1.82) is 5.53 Å². The van der Waals surface area contributed by atoms with Gasteiger partial charge in [0.05, 0.1) is 0 Å². The third kappa shape index (κ3) is 0.0778. The quantitative estimate of drug-likeness (QED) is 0.278. The molecule has 0 radical (unpaired) electrons. The fourth-order valence-corrected chi connectivity index (χ4v) is 113. The molecule has 0 aliphatic carbocycles. The van der Waals surface area contributed by atoms with Crippen LogP contribution in [0, 0.1) is 5.53 Å². The van der Waals surface area contributed by atoms with Crippen LogP contribution >= 0.6 is 0 Å². The van der Waals surface area contributed by atoms with Crippen molar-refractivity contribution in [2.75, 3.05) is 0 Å². The maximum Gasteiger partial charge on any atom is -0.00208 e. The molecule has 2 N–H and O–H groups in total. The molecule has 10 rings (SSSR count). The number of carboxylic acid groups (broad SMARTS) is 1. The topological polar surface area (TPSA) is 97.5 Å². The molecule has 0 aromatic heterocycles. The number of hydrogen-bond donors (Lipinski definition) is 2. The van der Waals surface area contributed by atoms with Gasteiger partial charge in [-0.15, -0.1) is 5.53 Å². The standard InChI is InChI=1S/C10H15.C6H5O2.Fe.HN3/c1-6-7(2)9(4)10(5)8(6)3;7-6(8)5-3-1-2-4-5;;1-3-2/h1-5H3;1-4H,(H,7,8);;1H. The normalized spacial score (nSPS) is 110. The first kappa shape index (κ1) is 10.2. The third-order valence-corrected chi connectivity index (χ3v) is 70.8. The van der Waals surface area contributed by atoms with Crippen LogP contribution in [0.3, 0.4) is 0 Å². The summed E-state index contributed by atoms with van der Waals surface area (Å²) in [6.45, 7) is 9.04. The molecule has 4 atom stereocenters. The maximum atomic E-state index is 12.5. The minimum absolute atomic E-state index is 0.0779. The summed E-state index contributed by atoms with van der Waals surface area (Å²) in [5, 5.41) is 10.3. The molecule has 6 heteroatoms. The molecule has 10 heterocycles. The van der Waals surface area contributed by atoms with Gasteiger partial charge in [0, 0.05) is 0 Å². The maximum absolute atomic E-state index is 12.5. The molecular formula is C16H21FeN3O2. The minimum Gasteiger partial charge on any atom is -0.108 e. The molecule has 10 fully saturated rings. The first-order valence-electron chi connectivity index (χ1n) is 8.31. The Kier molecular flexibility index (Phi) is 0.379. The van der Waals surface area contributed by atoms with Gasteiger partial charge in [0.1, 0.15) is 0 Å². The van der Waals surface area contributed by atoms with Gasteiger partial charge in [-0.05, 0) is 10.4 Å². The molecule has 120 valence electrons. The van der Waals surface area contributed by atoms with E-state index in [0.717, 1.165) is 19.3 Å². The van der Waals surface area contributed by atoms with Crippen molar-refractivity contribution >= 4 is 5.97 Å². The van der Waals surface area contributed by atoms with Crippen LogP contribution in [0.25, 0.3) is 10.4 Å². The van der Waals surface area contributed by atoms with Crippen LogP contribution in [-0.2, 0) is 11.3 Å². The van der Waals surface area contributed by atoms with Crippen LogP contribution in [0.5, 0.6) is 0 Å². The van der Waals surface area contributed by atoms with E-state index in [-0.39, 0.29) is 10.3 Å². The molecule has 0 amide bonds. The fourth-order valence-electron chi connectivity index (χ4n) is 24.3. The van der Waals surface area contributed by atoms with Gasteiger partial charge in [0.15, 0.2) is 0 Å². The van der Waals surface area contributed by atoms with Crippen molar-refractivity contribution in [1.82, 2.24) is 0 Å². The van der Waals surface area contributed by atoms with E-state index in [1.165, 1.54) is 0 Å². The average Bonchev–Trinajstić information content (AvgIpc) is 3.39. The SMILES string of the molecule is C[C]12[C]3(C)[C]4(C)[C]5(C)[C]1(C)[Fe]23451678[CH]2[CH]1[CH]6[C]7(C(=O)O)[CH]28.[N-]=[N+]=N. The van der Waals surface area contributed by atoms with Gasteiger partial charge in [-0.1, -0.05) is 0 Å². The molecule has 0 saturated carbocycles. The fraction of sp³-hybridized carbons (Fsp3) is 0.938. The van der Waals surface area contributed by atoms with Crippen LogP contribution in [0.2, 0.25) is 45.1 Å². The molecule has 1 spiro atoms. The summed E-state index contributed by atoms with van der Waals surface area (Å²) < 4.78 is 2.70. The summed E-state index contributed by atoms with van der Waals surface area (Å²) in [4.78, 5) is 17.8. The van der Waals surface area contributed by atoms with Crippen LogP contribution in [0.4, 0.5) is 0 Å². The van der Waals surface area contributed by atoms with Crippen molar-refractivity contribution in [2.24, 2.45) is 0 Å². The van der Waals surface area contributed by atoms with Gasteiger partial charge in [-0.25, -0.2) is 0 Å². The number of nitrogens with one attached hydrogen (secondary N) is 1. The van der Waals surface area contributed by atoms with Crippen LogP contribution in [-0.4, -0.2) is 11.1 Å². The van der Waals surface area contributed by atoms with Gasteiger partial charge in [-0.2, -0.15) is 0 Å². The summed E-state index contributed by atoms with van der Waals surface area (Å²) in [5.41, 5.74) is 12.2. The molecular weight excluding hydrogens is 322 g/mol. The van der Waals surface area contributed by atoms with E-state index in [9.17, 15) is 9.90 Å². The molecule has 10 aliphatic rings. The molecule has 10 saturated heterocycles. The minimum atomic E-state index is -4.03. The Balaban J connectivity index is 0.000000283. The Morgan fingerprint density at radius 3 is 1.32 bits per heavy atom. The van der Waals surface area contributed by atoms with E-state index in [2.05, 4.69) is 34.6 Å². The van der Waals surface area contributed by atoms with E-state index in [4.69, 9.17) is 11.1 Å². The molecule has 5 nitrogen and oxygen atoms in total. The third-order valence-electron chi connectivity index (χ3n) is 20.0. The number of rotatable bonds is 1. The first-order chi connectivity index (χ1) is 9.86. The van der Waals surface area contributed by atoms with Crippen molar-refractivity contribution in [3.63, 3.8) is 0 Å². The number of aliphatic carboxylic acids is 1. The van der Waals surface area contributed by atoms with Gasteiger partial charge >= 0.3 is 102 Å². The number of nitrogens with zero attached hydrogens (tertiary/aromatic N) is 2. The molecule has 22 heavy (non-hydrogen) atoms. The number of carboxylic acids is 1. The van der Waals surface area contributed by atoms with Crippen molar-refractivity contribution in [2.45, 2.75) is 79.8 Å². The molecule has 0 aromatic rings. The van der Waals surface area contributed by atoms with E-state index in [1.807, 2.05) is 0 Å². The second-order valence-electron chi connectivity index (χ2n) is 12.2. The number of fused-ring (bicyclic) bond motifs is 10. The number of carbonyl (C=O) groups is 1. The van der Waals surface area contributed by atoms with Crippen molar-refractivity contribution in [3.05, 3.63) is 10.4 Å². The molecule has 4 unspecified atom stereocenters. The smallest absolute Gasteiger partial charge is 0.00208 e. The summed E-state index contributed by atoms with van der Waals surface area (Å²) in [6.07, 6.45) is 0. The Hall–Kier alpha value is -0.701. The monoisotopic (exact) mass is 343 g/mol. The molecule has 10 aliphatic heterocycles. The average molecular weight is 343 g/mol. The zero-order valence-electron chi connectivity index (χ0n) is 13.4. The molecule has 0 aromatic carbocycles. The second kappa shape index (κ2) is 0.815. The van der Waals surface area contributed by atoms with Gasteiger partial charge in [-0.3, -0.25) is 0 Å². The van der Waals surface area contributed by atoms with Crippen LogP contribution in [0.1, 0.15) is 34.6 Å². The van der Waals surface area contributed by atoms with Crippen molar-refractivity contribution in [3.8, 4) is 0 Å². The predicted molar refractivity (Wildman–Crippen MR) is 76.6 cm³/mol.